The van der Waals surface area contributed by atoms with Gasteiger partial charge in [0.2, 0.25) is 5.91 Å². The van der Waals surface area contributed by atoms with Gasteiger partial charge in [-0.15, -0.1) is 46.4 Å². The van der Waals surface area contributed by atoms with Crippen molar-refractivity contribution in [1.82, 2.24) is 35.2 Å². The summed E-state index contributed by atoms with van der Waals surface area (Å²) in [6.45, 7) is 12.4. The number of piperidine rings is 1. The molecule has 3 fully saturated rings. The van der Waals surface area contributed by atoms with Crippen LogP contribution in [0.15, 0.2) is 70.7 Å². The minimum atomic E-state index is -0.979. The second kappa shape index (κ2) is 32.4. The van der Waals surface area contributed by atoms with Gasteiger partial charge >= 0.3 is 17.9 Å². The van der Waals surface area contributed by atoms with Crippen molar-refractivity contribution in [3.05, 3.63) is 164 Å². The number of ether oxygens (including phenoxy) is 1. The number of carbonyl (C=O) groups is 6. The van der Waals surface area contributed by atoms with Crippen molar-refractivity contribution < 1.29 is 53.9 Å². The fourth-order valence-electron chi connectivity index (χ4n) is 14.0. The van der Waals surface area contributed by atoms with Crippen molar-refractivity contribution in [2.75, 3.05) is 43.3 Å². The third-order valence-electron chi connectivity index (χ3n) is 19.2. The van der Waals surface area contributed by atoms with Crippen molar-refractivity contribution in [3.8, 4) is 39.7 Å². The molecule has 524 valence electrons. The molecule has 2 saturated carbocycles. The molecule has 0 atom stereocenters. The number of H-pyrrole nitrogens is 3. The Hall–Kier alpha value is -9.30. The molecular formula is C75H83ClN10O11S3. The number of nitrogens with zero attached hydrogens (tertiary/aromatic N) is 3. The van der Waals surface area contributed by atoms with Crippen molar-refractivity contribution in [3.63, 3.8) is 0 Å². The number of methoxy groups -OCH3 is 1. The van der Waals surface area contributed by atoms with Gasteiger partial charge < -0.3 is 61.4 Å². The van der Waals surface area contributed by atoms with E-state index in [-0.39, 0.29) is 41.3 Å². The molecule has 0 unspecified atom stereocenters. The normalized spacial score (nSPS) is 16.4. The van der Waals surface area contributed by atoms with Crippen LogP contribution in [-0.4, -0.2) is 113 Å². The summed E-state index contributed by atoms with van der Waals surface area (Å²) < 4.78 is 4.94. The first-order chi connectivity index (χ1) is 47.7. The van der Waals surface area contributed by atoms with E-state index in [4.69, 9.17) is 29.9 Å². The number of benzene rings is 3. The van der Waals surface area contributed by atoms with E-state index in [1.54, 1.807) is 87.7 Å². The van der Waals surface area contributed by atoms with Gasteiger partial charge in [-0.2, -0.15) is 0 Å². The van der Waals surface area contributed by atoms with Crippen LogP contribution in [0.1, 0.15) is 203 Å². The minimum absolute atomic E-state index is 0. The SMILES string of the molecule is CO.COc1[nH]c(C)c(C(=O)O)c1C.Cc1[nH]c(/C=C2\C(=O)Nc3ccc(-c4csc(C5CCCCC5)n4)cc32)c(C)c1C(=O)O.Cc1[nH]c(/C=C2\C(=O)Nc3ccc(-c4csc(C5CCNCC5)n4)cc32)c(C)c1C(=O)O.Cl.O=C1Cc2cc(-c3csc(C4CCCCC4)n3)ccc2N1. The number of halogens is 1. The maximum Gasteiger partial charge on any atom is 0.337 e. The molecule has 15 rings (SSSR count). The number of aromatic amines is 3. The molecule has 6 aromatic heterocycles. The van der Waals surface area contributed by atoms with Gasteiger partial charge in [0.15, 0.2) is 5.88 Å². The lowest BCUT2D eigenvalue weighted by Crippen LogP contribution is -2.26. The van der Waals surface area contributed by atoms with Crippen LogP contribution in [0.5, 0.6) is 5.88 Å². The van der Waals surface area contributed by atoms with E-state index in [0.717, 1.165) is 101 Å². The van der Waals surface area contributed by atoms with Gasteiger partial charge in [-0.3, -0.25) is 14.4 Å². The molecule has 0 bridgehead atoms. The first-order valence-corrected chi connectivity index (χ1v) is 36.0. The first kappa shape index (κ1) is 73.4. The fourth-order valence-corrected chi connectivity index (χ4v) is 17.0. The molecule has 3 aromatic carbocycles. The van der Waals surface area contributed by atoms with Crippen LogP contribution in [0.25, 0.3) is 57.1 Å². The van der Waals surface area contributed by atoms with E-state index >= 15 is 0 Å². The van der Waals surface area contributed by atoms with Gasteiger partial charge in [-0.1, -0.05) is 56.7 Å². The number of carboxylic acids is 3. The summed E-state index contributed by atoms with van der Waals surface area (Å²) in [6, 6.07) is 17.9. The molecule has 25 heteroatoms. The highest BCUT2D eigenvalue weighted by atomic mass is 35.5. The average molecular weight is 1430 g/mol. The van der Waals surface area contributed by atoms with E-state index in [9.17, 15) is 39.0 Å². The van der Waals surface area contributed by atoms with Gasteiger partial charge in [0.05, 0.1) is 73.5 Å². The Morgan fingerprint density at radius 1 is 0.500 bits per heavy atom. The quantitative estimate of drug-likeness (QED) is 0.0507. The number of aliphatic hydroxyl groups is 1. The molecule has 10 heterocycles. The number of anilines is 3. The van der Waals surface area contributed by atoms with Crippen LogP contribution in [-0.2, 0) is 20.8 Å². The molecule has 21 nitrogen and oxygen atoms in total. The number of aromatic carboxylic acids is 3. The number of aryl methyl sites for hydroxylation is 3. The second-order valence-electron chi connectivity index (χ2n) is 25.6. The molecule has 11 N–H and O–H groups in total. The van der Waals surface area contributed by atoms with Gasteiger partial charge in [0.25, 0.3) is 11.8 Å². The second-order valence-corrected chi connectivity index (χ2v) is 28.2. The molecule has 4 aliphatic heterocycles. The Bertz CT molecular complexity index is 4430. The van der Waals surface area contributed by atoms with E-state index in [2.05, 4.69) is 64.5 Å². The number of nitrogens with one attached hydrogen (secondary N) is 7. The number of carboxylic acid groups (broad SMARTS) is 3. The number of fused-ring (bicyclic) bond motifs is 3. The van der Waals surface area contributed by atoms with E-state index in [1.165, 1.54) is 86.3 Å². The first-order valence-electron chi connectivity index (χ1n) is 33.3. The van der Waals surface area contributed by atoms with E-state index in [0.29, 0.717) is 91.9 Å². The fraction of sp³-hybridized carbons (Fsp3) is 0.347. The largest absolute Gasteiger partial charge is 0.482 e. The summed E-state index contributed by atoms with van der Waals surface area (Å²) in [5, 5.41) is 56.8. The Balaban J connectivity index is 0.000000150. The summed E-state index contributed by atoms with van der Waals surface area (Å²) in [5.74, 6) is -0.933. The predicted octanol–water partition coefficient (Wildman–Crippen LogP) is 16.1. The van der Waals surface area contributed by atoms with E-state index in [1.807, 2.05) is 42.5 Å². The van der Waals surface area contributed by atoms with Gasteiger partial charge in [-0.05, 0) is 158 Å². The third-order valence-corrected chi connectivity index (χ3v) is 22.2. The highest BCUT2D eigenvalue weighted by molar-refractivity contribution is 7.10. The van der Waals surface area contributed by atoms with Crippen molar-refractivity contribution in [2.45, 2.75) is 143 Å². The lowest BCUT2D eigenvalue weighted by molar-refractivity contribution is -0.115. The number of carbonyl (C=O) groups excluding carboxylic acids is 3. The number of amides is 3. The molecule has 3 amide bonds. The molecule has 0 spiro atoms. The molecule has 100 heavy (non-hydrogen) atoms. The molecular weight excluding hydrogens is 1350 g/mol. The summed E-state index contributed by atoms with van der Waals surface area (Å²) in [6.07, 6.45) is 19.1. The Labute approximate surface area is 597 Å². The van der Waals surface area contributed by atoms with Gasteiger partial charge in [-0.25, -0.2) is 29.3 Å². The number of aromatic nitrogens is 6. The van der Waals surface area contributed by atoms with Crippen molar-refractivity contribution in [2.24, 2.45) is 0 Å². The zero-order chi connectivity index (χ0) is 70.3. The zero-order valence-electron chi connectivity index (χ0n) is 57.0. The summed E-state index contributed by atoms with van der Waals surface area (Å²) in [4.78, 5) is 94.4. The number of thiazole rings is 3. The topological polar surface area (TPSA) is 327 Å². The van der Waals surface area contributed by atoms with Gasteiger partial charge in [0, 0.05) is 120 Å². The molecule has 6 aliphatic rings. The average Bonchev–Trinajstić information content (AvgIpc) is 1.63. The number of hydrogen-bond donors (Lipinski definition) is 11. The van der Waals surface area contributed by atoms with Crippen LogP contribution in [0.4, 0.5) is 17.1 Å². The Morgan fingerprint density at radius 2 is 0.880 bits per heavy atom. The van der Waals surface area contributed by atoms with Crippen LogP contribution < -0.4 is 26.0 Å². The van der Waals surface area contributed by atoms with Crippen LogP contribution in [0.2, 0.25) is 0 Å². The van der Waals surface area contributed by atoms with Crippen LogP contribution >= 0.6 is 46.4 Å². The molecule has 9 aromatic rings. The maximum absolute atomic E-state index is 12.7. The summed E-state index contributed by atoms with van der Waals surface area (Å²) in [5.41, 5.74) is 17.9. The molecule has 1 saturated heterocycles. The van der Waals surface area contributed by atoms with Crippen molar-refractivity contribution >= 4 is 122 Å². The van der Waals surface area contributed by atoms with Gasteiger partial charge in [0.1, 0.15) is 0 Å². The monoisotopic (exact) mass is 1430 g/mol. The lowest BCUT2D eigenvalue weighted by atomic mass is 9.90. The highest BCUT2D eigenvalue weighted by Crippen LogP contribution is 2.43. The Morgan fingerprint density at radius 3 is 1.26 bits per heavy atom. The van der Waals surface area contributed by atoms with Crippen LogP contribution in [0, 0.1) is 41.5 Å². The van der Waals surface area contributed by atoms with Crippen LogP contribution in [0.3, 0.4) is 0 Å². The molecule has 2 aliphatic carbocycles. The number of hydrogen-bond acceptors (Lipinski definition) is 15. The van der Waals surface area contributed by atoms with E-state index < -0.39 is 17.9 Å². The Kier molecular flexibility index (Phi) is 23.8. The summed E-state index contributed by atoms with van der Waals surface area (Å²) in [7, 11) is 2.50. The maximum atomic E-state index is 12.7. The third kappa shape index (κ3) is 16.0. The molecule has 0 radical (unpaired) electrons. The smallest absolute Gasteiger partial charge is 0.337 e. The highest BCUT2D eigenvalue weighted by Gasteiger charge is 2.30. The predicted molar refractivity (Wildman–Crippen MR) is 398 cm³/mol. The number of rotatable bonds is 12. The lowest BCUT2D eigenvalue weighted by Gasteiger charge is -2.20. The minimum Gasteiger partial charge on any atom is -0.482 e. The summed E-state index contributed by atoms with van der Waals surface area (Å²) >= 11 is 5.22. The zero-order valence-corrected chi connectivity index (χ0v) is 60.3. The van der Waals surface area contributed by atoms with Crippen molar-refractivity contribution in [1.29, 1.82) is 0 Å². The number of aliphatic hydroxyl groups excluding tert-OH is 1. The standard InChI is InChI=1S/C25H25N3O3S.C24H24N4O3S.C17H18N2OS.C8H11NO3.CH4O.ClH/c1-13-20(26-14(2)22(13)25(30)31)11-18-17-10-16(8-9-19(17)27-23(18)29)21-12-32-24(28-21)15-6-4-3-5-7-15;1-12-19(26-13(2)21(12)24(30)31)10-17-16-9-15(3-4-18(16)27-22(17)29)20-11-32-23(28-20)14-5-7-25-8-6-14;20-16-9-13-8-12(6-7-14(13)18-16)15-10-21-17(19-15)11-4-2-1-3-5-11;1-4-6(8(10)11)5(2)9-7(4)12-3;1-2;/h8-12,15,26H,3-7H2,1-2H3,(H,27,29)(H,30,31);3-4,9-11,14,25-26H,5-8H2,1-2H3,(H,27,29)(H,30,31);6-8,10-11H,1-5,9H2,(H,18,20);9H,1-3H3,(H,10,11);2H,1H3;1H/b18-11-;17-10-;;;;.